The molecule has 3 rings (SSSR count). The molecule has 1 aliphatic heterocycles. The van der Waals surface area contributed by atoms with Gasteiger partial charge in [0.05, 0.1) is 21.3 Å². The van der Waals surface area contributed by atoms with Crippen molar-refractivity contribution in [1.29, 1.82) is 0 Å². The summed E-state index contributed by atoms with van der Waals surface area (Å²) in [6, 6.07) is 11.8. The van der Waals surface area contributed by atoms with Crippen LogP contribution in [0.5, 0.6) is 23.0 Å². The van der Waals surface area contributed by atoms with Gasteiger partial charge in [-0.05, 0) is 55.4 Å². The monoisotopic (exact) mass is 343 g/mol. The number of rotatable bonds is 5. The maximum atomic E-state index is 6.31. The molecule has 0 aromatic heterocycles. The molecule has 0 amide bonds. The molecule has 0 saturated heterocycles. The fourth-order valence-electron chi connectivity index (χ4n) is 3.16. The first kappa shape index (κ1) is 17.4. The van der Waals surface area contributed by atoms with Crippen LogP contribution in [-0.4, -0.2) is 46.4 Å². The average molecular weight is 343 g/mol. The van der Waals surface area contributed by atoms with E-state index in [0.717, 1.165) is 48.1 Å². The molecule has 0 spiro atoms. The number of hydrogen-bond donors (Lipinski definition) is 0. The minimum Gasteiger partial charge on any atom is -0.497 e. The van der Waals surface area contributed by atoms with Gasteiger partial charge >= 0.3 is 0 Å². The SMILES string of the molecule is COc1ccc(OC2CN(C)CCc3cc(OC)c(OC)cc32)cc1. The van der Waals surface area contributed by atoms with Crippen molar-refractivity contribution in [2.45, 2.75) is 12.5 Å². The Kier molecular flexibility index (Phi) is 5.34. The topological polar surface area (TPSA) is 40.2 Å². The lowest BCUT2D eigenvalue weighted by molar-refractivity contribution is 0.156. The second-order valence-electron chi connectivity index (χ2n) is 6.20. The first-order chi connectivity index (χ1) is 12.1. The molecule has 2 aromatic rings. The Labute approximate surface area is 149 Å². The van der Waals surface area contributed by atoms with Crippen LogP contribution in [0.1, 0.15) is 17.2 Å². The molecule has 0 saturated carbocycles. The molecule has 0 aliphatic carbocycles. The van der Waals surface area contributed by atoms with E-state index < -0.39 is 0 Å². The Morgan fingerprint density at radius 1 is 0.880 bits per heavy atom. The van der Waals surface area contributed by atoms with Gasteiger partial charge < -0.3 is 23.8 Å². The summed E-state index contributed by atoms with van der Waals surface area (Å²) >= 11 is 0. The van der Waals surface area contributed by atoms with Crippen molar-refractivity contribution in [3.63, 3.8) is 0 Å². The highest BCUT2D eigenvalue weighted by molar-refractivity contribution is 5.49. The Morgan fingerprint density at radius 2 is 1.52 bits per heavy atom. The largest absolute Gasteiger partial charge is 0.497 e. The first-order valence-corrected chi connectivity index (χ1v) is 8.38. The molecule has 1 heterocycles. The summed E-state index contributed by atoms with van der Waals surface area (Å²) in [5.74, 6) is 3.13. The van der Waals surface area contributed by atoms with Crippen LogP contribution in [0.2, 0.25) is 0 Å². The van der Waals surface area contributed by atoms with Crippen LogP contribution in [0.3, 0.4) is 0 Å². The minimum absolute atomic E-state index is 0.0734. The van der Waals surface area contributed by atoms with Crippen LogP contribution < -0.4 is 18.9 Å². The summed E-state index contributed by atoms with van der Waals surface area (Å²) in [5.41, 5.74) is 2.39. The molecule has 1 atom stereocenters. The first-order valence-electron chi connectivity index (χ1n) is 8.38. The van der Waals surface area contributed by atoms with Crippen molar-refractivity contribution in [3.8, 4) is 23.0 Å². The van der Waals surface area contributed by atoms with E-state index in [4.69, 9.17) is 18.9 Å². The van der Waals surface area contributed by atoms with E-state index >= 15 is 0 Å². The molecule has 25 heavy (non-hydrogen) atoms. The molecule has 1 aliphatic rings. The van der Waals surface area contributed by atoms with Gasteiger partial charge in [-0.25, -0.2) is 0 Å². The number of likely N-dealkylation sites (N-methyl/N-ethyl adjacent to an activating group) is 1. The molecule has 1 unspecified atom stereocenters. The van der Waals surface area contributed by atoms with Crippen molar-refractivity contribution in [2.24, 2.45) is 0 Å². The molecule has 2 aromatic carbocycles. The summed E-state index contributed by atoms with van der Waals surface area (Å²) in [5, 5.41) is 0. The highest BCUT2D eigenvalue weighted by atomic mass is 16.5. The summed E-state index contributed by atoms with van der Waals surface area (Å²) in [6.07, 6.45) is 0.880. The van der Waals surface area contributed by atoms with E-state index in [9.17, 15) is 0 Å². The fourth-order valence-corrected chi connectivity index (χ4v) is 3.16. The maximum absolute atomic E-state index is 6.31. The van der Waals surface area contributed by atoms with Crippen LogP contribution in [0.4, 0.5) is 0 Å². The summed E-state index contributed by atoms with van der Waals surface area (Å²) in [7, 11) is 7.10. The van der Waals surface area contributed by atoms with Gasteiger partial charge in [0.25, 0.3) is 0 Å². The van der Waals surface area contributed by atoms with Gasteiger partial charge in [0.1, 0.15) is 17.6 Å². The molecule has 0 fully saturated rings. The third-order valence-corrected chi connectivity index (χ3v) is 4.57. The van der Waals surface area contributed by atoms with Crippen molar-refractivity contribution >= 4 is 0 Å². The number of ether oxygens (including phenoxy) is 4. The number of hydrogen-bond acceptors (Lipinski definition) is 5. The maximum Gasteiger partial charge on any atom is 0.161 e. The van der Waals surface area contributed by atoms with E-state index in [-0.39, 0.29) is 6.10 Å². The van der Waals surface area contributed by atoms with E-state index in [2.05, 4.69) is 18.0 Å². The van der Waals surface area contributed by atoms with E-state index in [1.807, 2.05) is 30.3 Å². The second-order valence-corrected chi connectivity index (χ2v) is 6.20. The highest BCUT2D eigenvalue weighted by Gasteiger charge is 2.25. The van der Waals surface area contributed by atoms with E-state index in [0.29, 0.717) is 0 Å². The lowest BCUT2D eigenvalue weighted by Crippen LogP contribution is -2.26. The van der Waals surface area contributed by atoms with Crippen LogP contribution in [0.15, 0.2) is 36.4 Å². The van der Waals surface area contributed by atoms with Crippen molar-refractivity contribution in [2.75, 3.05) is 41.5 Å². The van der Waals surface area contributed by atoms with Crippen LogP contribution >= 0.6 is 0 Å². The molecular formula is C20H25NO4. The van der Waals surface area contributed by atoms with Crippen molar-refractivity contribution in [3.05, 3.63) is 47.5 Å². The third kappa shape index (κ3) is 3.82. The normalized spacial score (nSPS) is 17.4. The van der Waals surface area contributed by atoms with Gasteiger partial charge in [0.15, 0.2) is 11.5 Å². The standard InChI is InChI=1S/C20H25NO4/c1-21-10-9-14-11-18(23-3)19(24-4)12-17(14)20(13-21)25-16-7-5-15(22-2)6-8-16/h5-8,11-12,20H,9-10,13H2,1-4H3. The molecule has 0 bridgehead atoms. The number of methoxy groups -OCH3 is 3. The summed E-state index contributed by atoms with van der Waals surface area (Å²) in [6.45, 7) is 1.79. The molecule has 134 valence electrons. The Morgan fingerprint density at radius 3 is 2.16 bits per heavy atom. The quantitative estimate of drug-likeness (QED) is 0.833. The smallest absolute Gasteiger partial charge is 0.161 e. The van der Waals surface area contributed by atoms with Gasteiger partial charge in [-0.15, -0.1) is 0 Å². The molecule has 5 heteroatoms. The lowest BCUT2D eigenvalue weighted by atomic mass is 10.00. The summed E-state index contributed by atoms with van der Waals surface area (Å²) < 4.78 is 22.5. The van der Waals surface area contributed by atoms with Gasteiger partial charge in [-0.3, -0.25) is 0 Å². The molecular weight excluding hydrogens is 318 g/mol. The number of fused-ring (bicyclic) bond motifs is 1. The third-order valence-electron chi connectivity index (χ3n) is 4.57. The van der Waals surface area contributed by atoms with Gasteiger partial charge in [-0.1, -0.05) is 0 Å². The zero-order chi connectivity index (χ0) is 17.8. The Bertz CT molecular complexity index is 714. The van der Waals surface area contributed by atoms with Crippen molar-refractivity contribution in [1.82, 2.24) is 4.90 Å². The van der Waals surface area contributed by atoms with Crippen LogP contribution in [-0.2, 0) is 6.42 Å². The average Bonchev–Trinajstić information content (AvgIpc) is 2.79. The zero-order valence-corrected chi connectivity index (χ0v) is 15.2. The zero-order valence-electron chi connectivity index (χ0n) is 15.2. The molecule has 0 radical (unpaired) electrons. The van der Waals surface area contributed by atoms with Gasteiger partial charge in [-0.2, -0.15) is 0 Å². The minimum atomic E-state index is -0.0734. The predicted molar refractivity (Wildman–Crippen MR) is 97.1 cm³/mol. The van der Waals surface area contributed by atoms with E-state index in [1.54, 1.807) is 21.3 Å². The second kappa shape index (κ2) is 7.66. The molecule has 5 nitrogen and oxygen atoms in total. The Balaban J connectivity index is 1.94. The van der Waals surface area contributed by atoms with Crippen molar-refractivity contribution < 1.29 is 18.9 Å². The van der Waals surface area contributed by atoms with E-state index in [1.165, 1.54) is 5.56 Å². The van der Waals surface area contributed by atoms with Gasteiger partial charge in [0, 0.05) is 18.7 Å². The molecule has 0 N–H and O–H groups in total. The highest BCUT2D eigenvalue weighted by Crippen LogP contribution is 2.37. The van der Waals surface area contributed by atoms with Crippen LogP contribution in [0, 0.1) is 0 Å². The predicted octanol–water partition coefficient (Wildman–Crippen LogP) is 3.32. The number of benzene rings is 2. The fraction of sp³-hybridized carbons (Fsp3) is 0.400. The Hall–Kier alpha value is -2.40. The summed E-state index contributed by atoms with van der Waals surface area (Å²) in [4.78, 5) is 2.28. The number of nitrogens with zero attached hydrogens (tertiary/aromatic N) is 1. The van der Waals surface area contributed by atoms with Gasteiger partial charge in [0.2, 0.25) is 0 Å². The lowest BCUT2D eigenvalue weighted by Gasteiger charge is -2.23. The van der Waals surface area contributed by atoms with Crippen LogP contribution in [0.25, 0.3) is 0 Å².